The monoisotopic (exact) mass is 290 g/mol. The van der Waals surface area contributed by atoms with E-state index in [1.165, 1.54) is 0 Å². The van der Waals surface area contributed by atoms with Crippen molar-refractivity contribution < 1.29 is 0 Å². The minimum atomic E-state index is 0.289. The SMILES string of the molecule is CN(C)CCN1CCN(c2nc(N)nc3[nH]ncc23)CC1. The number of aromatic amines is 1. The van der Waals surface area contributed by atoms with Crippen molar-refractivity contribution in [3.63, 3.8) is 0 Å². The zero-order chi connectivity index (χ0) is 14.8. The van der Waals surface area contributed by atoms with E-state index in [2.05, 4.69) is 49.0 Å². The zero-order valence-electron chi connectivity index (χ0n) is 12.6. The van der Waals surface area contributed by atoms with E-state index in [9.17, 15) is 0 Å². The molecule has 1 fully saturated rings. The van der Waals surface area contributed by atoms with Crippen molar-refractivity contribution in [2.24, 2.45) is 0 Å². The first-order valence-electron chi connectivity index (χ1n) is 7.22. The minimum Gasteiger partial charge on any atom is -0.368 e. The number of rotatable bonds is 4. The van der Waals surface area contributed by atoms with E-state index < -0.39 is 0 Å². The van der Waals surface area contributed by atoms with Gasteiger partial charge in [-0.05, 0) is 14.1 Å². The normalized spacial score (nSPS) is 17.0. The molecule has 0 unspecified atom stereocenters. The summed E-state index contributed by atoms with van der Waals surface area (Å²) in [6.07, 6.45) is 1.77. The zero-order valence-corrected chi connectivity index (χ0v) is 12.6. The first-order valence-corrected chi connectivity index (χ1v) is 7.22. The maximum absolute atomic E-state index is 5.79. The highest BCUT2D eigenvalue weighted by atomic mass is 15.3. The van der Waals surface area contributed by atoms with Crippen molar-refractivity contribution in [2.75, 3.05) is 64.0 Å². The van der Waals surface area contributed by atoms with Gasteiger partial charge in [0.1, 0.15) is 5.82 Å². The second-order valence-electron chi connectivity index (χ2n) is 5.67. The van der Waals surface area contributed by atoms with Crippen LogP contribution >= 0.6 is 0 Å². The summed E-state index contributed by atoms with van der Waals surface area (Å²) >= 11 is 0. The molecule has 2 aromatic heterocycles. The molecule has 1 saturated heterocycles. The smallest absolute Gasteiger partial charge is 0.224 e. The molecule has 3 N–H and O–H groups in total. The van der Waals surface area contributed by atoms with Crippen molar-refractivity contribution in [2.45, 2.75) is 0 Å². The number of hydrogen-bond acceptors (Lipinski definition) is 7. The topological polar surface area (TPSA) is 90.2 Å². The molecule has 0 aromatic carbocycles. The van der Waals surface area contributed by atoms with Gasteiger partial charge in [0, 0.05) is 39.3 Å². The Morgan fingerprint density at radius 3 is 2.71 bits per heavy atom. The van der Waals surface area contributed by atoms with E-state index in [-0.39, 0.29) is 5.95 Å². The fourth-order valence-electron chi connectivity index (χ4n) is 2.60. The summed E-state index contributed by atoms with van der Waals surface area (Å²) in [5.74, 6) is 1.18. The van der Waals surface area contributed by atoms with Gasteiger partial charge in [0.15, 0.2) is 5.65 Å². The van der Waals surface area contributed by atoms with Crippen LogP contribution in [0.5, 0.6) is 0 Å². The Morgan fingerprint density at radius 1 is 1.24 bits per heavy atom. The third-order valence-corrected chi connectivity index (χ3v) is 3.84. The molecule has 3 rings (SSSR count). The van der Waals surface area contributed by atoms with E-state index in [4.69, 9.17) is 5.73 Å². The van der Waals surface area contributed by atoms with E-state index in [1.807, 2.05) is 0 Å². The van der Waals surface area contributed by atoms with Gasteiger partial charge in [0.05, 0.1) is 11.6 Å². The molecule has 0 bridgehead atoms. The summed E-state index contributed by atoms with van der Waals surface area (Å²) in [6.45, 7) is 6.17. The van der Waals surface area contributed by atoms with Crippen LogP contribution in [-0.4, -0.2) is 83.3 Å². The molecule has 114 valence electrons. The number of nitrogen functional groups attached to an aromatic ring is 1. The maximum Gasteiger partial charge on any atom is 0.224 e. The van der Waals surface area contributed by atoms with Gasteiger partial charge >= 0.3 is 0 Å². The van der Waals surface area contributed by atoms with Gasteiger partial charge in [-0.2, -0.15) is 15.1 Å². The number of nitrogens with one attached hydrogen (secondary N) is 1. The molecule has 2 aromatic rings. The highest BCUT2D eigenvalue weighted by Gasteiger charge is 2.21. The largest absolute Gasteiger partial charge is 0.368 e. The quantitative estimate of drug-likeness (QED) is 0.793. The van der Waals surface area contributed by atoms with Crippen LogP contribution in [0.25, 0.3) is 11.0 Å². The van der Waals surface area contributed by atoms with Gasteiger partial charge in [-0.15, -0.1) is 0 Å². The first-order chi connectivity index (χ1) is 10.1. The molecule has 0 atom stereocenters. The molecule has 0 saturated carbocycles. The Kier molecular flexibility index (Phi) is 3.89. The van der Waals surface area contributed by atoms with Crippen LogP contribution in [0.1, 0.15) is 0 Å². The number of aromatic nitrogens is 4. The molecular weight excluding hydrogens is 268 g/mol. The lowest BCUT2D eigenvalue weighted by Crippen LogP contribution is -2.48. The van der Waals surface area contributed by atoms with Crippen LogP contribution in [0.4, 0.5) is 11.8 Å². The van der Waals surface area contributed by atoms with E-state index in [1.54, 1.807) is 6.20 Å². The Hall–Kier alpha value is -1.93. The molecule has 0 aliphatic carbocycles. The number of nitrogens with two attached hydrogens (primary N) is 1. The highest BCUT2D eigenvalue weighted by molar-refractivity contribution is 5.87. The second-order valence-corrected chi connectivity index (χ2v) is 5.67. The number of likely N-dealkylation sites (N-methyl/N-ethyl adjacent to an activating group) is 1. The summed E-state index contributed by atoms with van der Waals surface area (Å²) in [7, 11) is 4.21. The molecule has 1 aliphatic rings. The van der Waals surface area contributed by atoms with Gasteiger partial charge < -0.3 is 15.5 Å². The van der Waals surface area contributed by atoms with Crippen molar-refractivity contribution >= 4 is 22.8 Å². The summed E-state index contributed by atoms with van der Waals surface area (Å²) in [4.78, 5) is 15.5. The predicted molar refractivity (Wildman–Crippen MR) is 83.3 cm³/mol. The van der Waals surface area contributed by atoms with Gasteiger partial charge in [-0.1, -0.05) is 0 Å². The Morgan fingerprint density at radius 2 is 2.00 bits per heavy atom. The summed E-state index contributed by atoms with van der Waals surface area (Å²) < 4.78 is 0. The van der Waals surface area contributed by atoms with E-state index in [0.717, 1.165) is 50.5 Å². The summed E-state index contributed by atoms with van der Waals surface area (Å²) in [5.41, 5.74) is 6.49. The third kappa shape index (κ3) is 3.06. The van der Waals surface area contributed by atoms with Crippen molar-refractivity contribution in [1.82, 2.24) is 30.0 Å². The number of H-pyrrole nitrogens is 1. The first kappa shape index (κ1) is 14.0. The van der Waals surface area contributed by atoms with Gasteiger partial charge in [-0.25, -0.2) is 0 Å². The fourth-order valence-corrected chi connectivity index (χ4v) is 2.60. The number of nitrogens with zero attached hydrogens (tertiary/aromatic N) is 6. The molecule has 0 spiro atoms. The second kappa shape index (κ2) is 5.82. The lowest BCUT2D eigenvalue weighted by Gasteiger charge is -2.36. The van der Waals surface area contributed by atoms with Crippen LogP contribution in [0, 0.1) is 0 Å². The van der Waals surface area contributed by atoms with Gasteiger partial charge in [-0.3, -0.25) is 10.00 Å². The van der Waals surface area contributed by atoms with Crippen molar-refractivity contribution in [3.05, 3.63) is 6.20 Å². The molecule has 8 heteroatoms. The van der Waals surface area contributed by atoms with Gasteiger partial charge in [0.2, 0.25) is 5.95 Å². The molecule has 21 heavy (non-hydrogen) atoms. The van der Waals surface area contributed by atoms with Crippen LogP contribution in [-0.2, 0) is 0 Å². The number of fused-ring (bicyclic) bond motifs is 1. The average molecular weight is 290 g/mol. The van der Waals surface area contributed by atoms with Crippen molar-refractivity contribution in [1.29, 1.82) is 0 Å². The van der Waals surface area contributed by atoms with E-state index in [0.29, 0.717) is 5.65 Å². The summed E-state index contributed by atoms with van der Waals surface area (Å²) in [6, 6.07) is 0. The van der Waals surface area contributed by atoms with E-state index >= 15 is 0 Å². The summed E-state index contributed by atoms with van der Waals surface area (Å²) in [5, 5.41) is 7.83. The lowest BCUT2D eigenvalue weighted by molar-refractivity contribution is 0.229. The molecule has 3 heterocycles. The van der Waals surface area contributed by atoms with Crippen LogP contribution < -0.4 is 10.6 Å². The molecule has 1 aliphatic heterocycles. The number of hydrogen-bond donors (Lipinski definition) is 2. The molecule has 0 radical (unpaired) electrons. The fraction of sp³-hybridized carbons (Fsp3) is 0.615. The van der Waals surface area contributed by atoms with Crippen LogP contribution in [0.15, 0.2) is 6.20 Å². The minimum absolute atomic E-state index is 0.289. The molecule has 0 amide bonds. The Labute approximate surface area is 123 Å². The predicted octanol–water partition coefficient (Wildman–Crippen LogP) is -0.381. The standard InChI is InChI=1S/C13H22N8/c1-19(2)3-4-20-5-7-21(8-6-20)12-10-9-15-18-11(10)16-13(14)17-12/h9H,3-8H2,1-2H3,(H3,14,15,16,17,18). The van der Waals surface area contributed by atoms with Gasteiger partial charge in [0.25, 0.3) is 0 Å². The number of anilines is 2. The van der Waals surface area contributed by atoms with Crippen LogP contribution in [0.2, 0.25) is 0 Å². The maximum atomic E-state index is 5.79. The van der Waals surface area contributed by atoms with Crippen molar-refractivity contribution in [3.8, 4) is 0 Å². The Balaban J connectivity index is 1.69. The Bertz CT molecular complexity index is 599. The molecule has 8 nitrogen and oxygen atoms in total. The average Bonchev–Trinajstić information content (AvgIpc) is 2.93. The lowest BCUT2D eigenvalue weighted by atomic mass is 10.2. The number of piperazine rings is 1. The molecular formula is C13H22N8. The third-order valence-electron chi connectivity index (χ3n) is 3.84. The van der Waals surface area contributed by atoms with Crippen LogP contribution in [0.3, 0.4) is 0 Å². The highest BCUT2D eigenvalue weighted by Crippen LogP contribution is 2.23.